The lowest BCUT2D eigenvalue weighted by Gasteiger charge is -2.01. The summed E-state index contributed by atoms with van der Waals surface area (Å²) in [5.41, 5.74) is 3.69. The number of imidazole rings is 1. The van der Waals surface area contributed by atoms with Crippen LogP contribution < -0.4 is 5.43 Å². The van der Waals surface area contributed by atoms with Crippen LogP contribution >= 0.6 is 11.8 Å². The van der Waals surface area contributed by atoms with Crippen molar-refractivity contribution in [1.29, 1.82) is 0 Å². The summed E-state index contributed by atoms with van der Waals surface area (Å²) in [7, 11) is 0. The number of hydrazone groups is 1. The summed E-state index contributed by atoms with van der Waals surface area (Å²) in [4.78, 5) is 28.4. The molecule has 0 fully saturated rings. The minimum Gasteiger partial charge on any atom is -0.333 e. The van der Waals surface area contributed by atoms with Gasteiger partial charge in [0.05, 0.1) is 26.9 Å². The summed E-state index contributed by atoms with van der Waals surface area (Å²) >= 11 is 1.43. The average Bonchev–Trinajstić information content (AvgIpc) is 3.17. The van der Waals surface area contributed by atoms with Crippen LogP contribution in [0.4, 0.5) is 17.1 Å². The van der Waals surface area contributed by atoms with Gasteiger partial charge in [0, 0.05) is 23.4 Å². The number of hydrogen-bond acceptors (Lipinski definition) is 8. The van der Waals surface area contributed by atoms with Gasteiger partial charge in [0.1, 0.15) is 5.69 Å². The number of anilines is 1. The molecule has 10 nitrogen and oxygen atoms in total. The number of nitrogens with zero attached hydrogens (tertiary/aromatic N) is 4. The lowest BCUT2D eigenvalue weighted by Crippen LogP contribution is -1.98. The van der Waals surface area contributed by atoms with Crippen molar-refractivity contribution < 1.29 is 9.85 Å². The van der Waals surface area contributed by atoms with Gasteiger partial charge >= 0.3 is 5.69 Å². The topological polar surface area (TPSA) is 139 Å². The fraction of sp³-hybridized carbons (Fsp3) is 0.0526. The van der Waals surface area contributed by atoms with E-state index >= 15 is 0 Å². The molecule has 0 spiro atoms. The van der Waals surface area contributed by atoms with E-state index < -0.39 is 15.5 Å². The standard InChI is InChI=1S/C19H14N6O4S/c26-24(27)13-6-8-15(17(11-13)25(28)29)23-20-9-10-30-19-21-16-7-5-12-3-1-2-4-14(12)18(16)22-19/h1-9,11,23H,10H2,(H,21,22). The second kappa shape index (κ2) is 8.17. The van der Waals surface area contributed by atoms with Gasteiger partial charge in [-0.25, -0.2) is 4.98 Å². The number of H-pyrrole nitrogens is 1. The predicted octanol–water partition coefficient (Wildman–Crippen LogP) is 4.72. The molecule has 0 aliphatic rings. The zero-order valence-electron chi connectivity index (χ0n) is 15.3. The number of nitro benzene ring substituents is 2. The third kappa shape index (κ3) is 3.91. The molecule has 0 radical (unpaired) electrons. The quantitative estimate of drug-likeness (QED) is 0.190. The lowest BCUT2D eigenvalue weighted by molar-refractivity contribution is -0.393. The second-order valence-electron chi connectivity index (χ2n) is 6.17. The molecule has 0 bridgehead atoms. The maximum absolute atomic E-state index is 11.1. The SMILES string of the molecule is O=[N+]([O-])c1ccc(NN=CCSc2nc3c(ccc4ccccc43)[nH]2)c([N+](=O)[O-])c1. The number of nitrogens with one attached hydrogen (secondary N) is 2. The van der Waals surface area contributed by atoms with Crippen LogP contribution in [0.15, 0.2) is 64.9 Å². The third-order valence-electron chi connectivity index (χ3n) is 4.32. The van der Waals surface area contributed by atoms with Crippen LogP contribution in [0.5, 0.6) is 0 Å². The zero-order valence-corrected chi connectivity index (χ0v) is 16.1. The Bertz CT molecular complexity index is 1300. The van der Waals surface area contributed by atoms with E-state index in [1.165, 1.54) is 23.9 Å². The number of thioether (sulfide) groups is 1. The van der Waals surface area contributed by atoms with Crippen LogP contribution in [-0.2, 0) is 0 Å². The Labute approximate surface area is 173 Å². The maximum Gasteiger partial charge on any atom is 0.301 e. The molecule has 2 N–H and O–H groups in total. The van der Waals surface area contributed by atoms with Crippen LogP contribution in [0, 0.1) is 20.2 Å². The highest BCUT2D eigenvalue weighted by molar-refractivity contribution is 7.99. The van der Waals surface area contributed by atoms with Crippen molar-refractivity contribution in [2.75, 3.05) is 11.2 Å². The van der Waals surface area contributed by atoms with Crippen LogP contribution in [0.25, 0.3) is 21.8 Å². The fourth-order valence-electron chi connectivity index (χ4n) is 2.94. The van der Waals surface area contributed by atoms with Crippen LogP contribution in [0.2, 0.25) is 0 Å². The van der Waals surface area contributed by atoms with Gasteiger partial charge < -0.3 is 4.98 Å². The molecule has 150 valence electrons. The summed E-state index contributed by atoms with van der Waals surface area (Å²) in [6.45, 7) is 0. The summed E-state index contributed by atoms with van der Waals surface area (Å²) < 4.78 is 0. The number of rotatable bonds is 7. The molecule has 30 heavy (non-hydrogen) atoms. The van der Waals surface area contributed by atoms with E-state index in [0.29, 0.717) is 5.75 Å². The van der Waals surface area contributed by atoms with E-state index in [9.17, 15) is 20.2 Å². The number of aromatic nitrogens is 2. The van der Waals surface area contributed by atoms with E-state index in [-0.39, 0.29) is 11.4 Å². The predicted molar refractivity (Wildman–Crippen MR) is 116 cm³/mol. The molecular formula is C19H14N6O4S. The molecule has 0 aliphatic heterocycles. The normalized spacial score (nSPS) is 11.3. The van der Waals surface area contributed by atoms with Crippen molar-refractivity contribution in [2.45, 2.75) is 5.16 Å². The summed E-state index contributed by atoms with van der Waals surface area (Å²) in [5.74, 6) is 0.464. The van der Waals surface area contributed by atoms with E-state index in [0.717, 1.165) is 33.0 Å². The highest BCUT2D eigenvalue weighted by Gasteiger charge is 2.19. The molecule has 0 aliphatic carbocycles. The number of aromatic amines is 1. The minimum absolute atomic E-state index is 0.0713. The van der Waals surface area contributed by atoms with Gasteiger partial charge in [-0.3, -0.25) is 25.7 Å². The maximum atomic E-state index is 11.1. The Morgan fingerprint density at radius 3 is 2.73 bits per heavy atom. The Morgan fingerprint density at radius 1 is 1.10 bits per heavy atom. The number of fused-ring (bicyclic) bond motifs is 3. The molecule has 0 atom stereocenters. The Hall–Kier alpha value is -3.99. The van der Waals surface area contributed by atoms with Gasteiger partial charge in [-0.15, -0.1) is 0 Å². The van der Waals surface area contributed by atoms with Gasteiger partial charge in [0.2, 0.25) is 0 Å². The van der Waals surface area contributed by atoms with Crippen LogP contribution in [0.1, 0.15) is 0 Å². The highest BCUT2D eigenvalue weighted by Crippen LogP contribution is 2.29. The van der Waals surface area contributed by atoms with Crippen molar-refractivity contribution in [1.82, 2.24) is 9.97 Å². The molecule has 0 amide bonds. The lowest BCUT2D eigenvalue weighted by atomic mass is 10.1. The van der Waals surface area contributed by atoms with Crippen LogP contribution in [-0.4, -0.2) is 31.8 Å². The van der Waals surface area contributed by atoms with Crippen LogP contribution in [0.3, 0.4) is 0 Å². The molecule has 11 heteroatoms. The molecule has 4 aromatic rings. The van der Waals surface area contributed by atoms with Crippen molar-refractivity contribution in [3.8, 4) is 0 Å². The number of nitro groups is 2. The molecule has 4 rings (SSSR count). The van der Waals surface area contributed by atoms with E-state index in [1.54, 1.807) is 6.21 Å². The Morgan fingerprint density at radius 2 is 1.93 bits per heavy atom. The molecule has 1 heterocycles. The number of hydrogen-bond donors (Lipinski definition) is 2. The minimum atomic E-state index is -0.696. The van der Waals surface area contributed by atoms with E-state index in [1.807, 2.05) is 36.4 Å². The monoisotopic (exact) mass is 422 g/mol. The van der Waals surface area contributed by atoms with Gasteiger partial charge in [0.15, 0.2) is 5.16 Å². The largest absolute Gasteiger partial charge is 0.333 e. The van der Waals surface area contributed by atoms with Crippen molar-refractivity contribution >= 4 is 56.8 Å². The summed E-state index contributed by atoms with van der Waals surface area (Å²) in [5, 5.41) is 28.8. The van der Waals surface area contributed by atoms with Crippen molar-refractivity contribution in [2.24, 2.45) is 5.10 Å². The van der Waals surface area contributed by atoms with Crippen molar-refractivity contribution in [3.63, 3.8) is 0 Å². The molecule has 1 aromatic heterocycles. The first-order valence-corrected chi connectivity index (χ1v) is 9.72. The molecule has 0 saturated carbocycles. The fourth-order valence-corrected chi connectivity index (χ4v) is 3.58. The Kier molecular flexibility index (Phi) is 5.26. The van der Waals surface area contributed by atoms with Gasteiger partial charge in [-0.1, -0.05) is 42.1 Å². The Balaban J connectivity index is 1.43. The zero-order chi connectivity index (χ0) is 21.1. The second-order valence-corrected chi connectivity index (χ2v) is 7.18. The molecule has 3 aromatic carbocycles. The third-order valence-corrected chi connectivity index (χ3v) is 5.10. The average molecular weight is 422 g/mol. The highest BCUT2D eigenvalue weighted by atomic mass is 32.2. The number of non-ortho nitro benzene ring substituents is 1. The molecular weight excluding hydrogens is 408 g/mol. The first kappa shape index (κ1) is 19.3. The smallest absolute Gasteiger partial charge is 0.301 e. The number of benzene rings is 3. The van der Waals surface area contributed by atoms with Gasteiger partial charge in [-0.05, 0) is 17.5 Å². The van der Waals surface area contributed by atoms with E-state index in [4.69, 9.17) is 0 Å². The van der Waals surface area contributed by atoms with Gasteiger partial charge in [-0.2, -0.15) is 5.10 Å². The summed E-state index contributed by atoms with van der Waals surface area (Å²) in [6, 6.07) is 15.4. The first-order valence-electron chi connectivity index (χ1n) is 8.73. The molecule has 0 saturated heterocycles. The first-order chi connectivity index (χ1) is 14.5. The molecule has 0 unspecified atom stereocenters. The summed E-state index contributed by atoms with van der Waals surface area (Å²) in [6.07, 6.45) is 1.54. The van der Waals surface area contributed by atoms with Gasteiger partial charge in [0.25, 0.3) is 5.69 Å². The van der Waals surface area contributed by atoms with Crippen molar-refractivity contribution in [3.05, 3.63) is 74.8 Å². The van der Waals surface area contributed by atoms with E-state index in [2.05, 4.69) is 20.5 Å².